The highest BCUT2D eigenvalue weighted by Gasteiger charge is 2.29. The van der Waals surface area contributed by atoms with Crippen LogP contribution in [-0.4, -0.2) is 36.1 Å². The number of nitrogens with zero attached hydrogens (tertiary/aromatic N) is 2. The van der Waals surface area contributed by atoms with Gasteiger partial charge < -0.3 is 14.0 Å². The summed E-state index contributed by atoms with van der Waals surface area (Å²) in [5.74, 6) is 2.15. The van der Waals surface area contributed by atoms with Crippen molar-refractivity contribution in [3.05, 3.63) is 29.5 Å². The first kappa shape index (κ1) is 16.3. The molecule has 2 aliphatic heterocycles. The first-order valence-corrected chi connectivity index (χ1v) is 8.16. The summed E-state index contributed by atoms with van der Waals surface area (Å²) in [4.78, 5) is 2.02. The Hall–Kier alpha value is -2.22. The number of hydrogen-bond acceptors (Lipinski definition) is 5. The van der Waals surface area contributed by atoms with Crippen LogP contribution in [0.1, 0.15) is 24.2 Å². The molecule has 0 bridgehead atoms. The Morgan fingerprint density at radius 2 is 2.00 bits per heavy atom. The average molecular weight is 354 g/mol. The molecule has 8 heteroatoms. The smallest absolute Gasteiger partial charge is 0.389 e. The maximum atomic E-state index is 12.3. The molecular formula is C17H17F3N2O3. The molecule has 2 aromatic rings. The Morgan fingerprint density at radius 3 is 2.84 bits per heavy atom. The van der Waals surface area contributed by atoms with E-state index in [-0.39, 0.29) is 13.2 Å². The van der Waals surface area contributed by atoms with E-state index in [1.165, 1.54) is 0 Å². The molecule has 4 rings (SSSR count). The van der Waals surface area contributed by atoms with E-state index < -0.39 is 12.6 Å². The Morgan fingerprint density at radius 1 is 1.16 bits per heavy atom. The Kier molecular flexibility index (Phi) is 4.07. The lowest BCUT2D eigenvalue weighted by atomic mass is 10.0. The van der Waals surface area contributed by atoms with Gasteiger partial charge in [0, 0.05) is 37.1 Å². The normalized spacial score (nSPS) is 16.9. The number of rotatable bonds is 4. The summed E-state index contributed by atoms with van der Waals surface area (Å²) in [5.41, 5.74) is 2.51. The van der Waals surface area contributed by atoms with Gasteiger partial charge in [0.15, 0.2) is 11.5 Å². The average Bonchev–Trinajstić information content (AvgIpc) is 3.19. The fourth-order valence-corrected chi connectivity index (χ4v) is 3.23. The van der Waals surface area contributed by atoms with Crippen LogP contribution in [0.3, 0.4) is 0 Å². The maximum absolute atomic E-state index is 12.3. The van der Waals surface area contributed by atoms with Crippen molar-refractivity contribution in [3.63, 3.8) is 0 Å². The number of aromatic nitrogens is 1. The van der Waals surface area contributed by atoms with E-state index in [1.807, 2.05) is 23.1 Å². The molecule has 0 aliphatic carbocycles. The SMILES string of the molecule is FC(F)(F)CCCN1CCc2onc(-c3ccc4c(c3)OCO4)c2C1. The summed E-state index contributed by atoms with van der Waals surface area (Å²) in [5, 5.41) is 4.17. The summed E-state index contributed by atoms with van der Waals surface area (Å²) in [6.07, 6.45) is -4.10. The third-order valence-electron chi connectivity index (χ3n) is 4.49. The van der Waals surface area contributed by atoms with E-state index in [4.69, 9.17) is 14.0 Å². The monoisotopic (exact) mass is 354 g/mol. The molecule has 1 aromatic carbocycles. The molecule has 0 fully saturated rings. The Balaban J connectivity index is 1.50. The lowest BCUT2D eigenvalue weighted by Crippen LogP contribution is -2.31. The van der Waals surface area contributed by atoms with E-state index in [1.54, 1.807) is 0 Å². The molecule has 134 valence electrons. The summed E-state index contributed by atoms with van der Waals surface area (Å²) in [6, 6.07) is 5.56. The lowest BCUT2D eigenvalue weighted by Gasteiger charge is -2.26. The molecule has 0 atom stereocenters. The van der Waals surface area contributed by atoms with Crippen molar-refractivity contribution in [2.45, 2.75) is 32.0 Å². The van der Waals surface area contributed by atoms with Gasteiger partial charge in [-0.05, 0) is 31.2 Å². The number of ether oxygens (including phenoxy) is 2. The van der Waals surface area contributed by atoms with Gasteiger partial charge in [-0.15, -0.1) is 0 Å². The summed E-state index contributed by atoms with van der Waals surface area (Å²) < 4.78 is 53.1. The van der Waals surface area contributed by atoms with E-state index in [9.17, 15) is 13.2 Å². The van der Waals surface area contributed by atoms with Gasteiger partial charge in [0.1, 0.15) is 11.5 Å². The van der Waals surface area contributed by atoms with Crippen molar-refractivity contribution in [3.8, 4) is 22.8 Å². The van der Waals surface area contributed by atoms with Crippen molar-refractivity contribution < 1.29 is 27.2 Å². The number of alkyl halides is 3. The molecule has 0 saturated carbocycles. The van der Waals surface area contributed by atoms with Gasteiger partial charge in [0.25, 0.3) is 0 Å². The highest BCUT2D eigenvalue weighted by molar-refractivity contribution is 5.67. The van der Waals surface area contributed by atoms with E-state index in [0.29, 0.717) is 43.2 Å². The minimum absolute atomic E-state index is 0.101. The molecule has 3 heterocycles. The summed E-state index contributed by atoms with van der Waals surface area (Å²) in [7, 11) is 0. The number of hydrogen-bond donors (Lipinski definition) is 0. The van der Waals surface area contributed by atoms with Gasteiger partial charge in [-0.3, -0.25) is 4.90 Å². The van der Waals surface area contributed by atoms with Gasteiger partial charge >= 0.3 is 6.18 Å². The van der Waals surface area contributed by atoms with Crippen LogP contribution in [-0.2, 0) is 13.0 Å². The first-order chi connectivity index (χ1) is 12.0. The number of benzene rings is 1. The highest BCUT2D eigenvalue weighted by atomic mass is 19.4. The van der Waals surface area contributed by atoms with Gasteiger partial charge in [0.2, 0.25) is 6.79 Å². The van der Waals surface area contributed by atoms with E-state index in [2.05, 4.69) is 5.16 Å². The van der Waals surface area contributed by atoms with Gasteiger partial charge in [-0.25, -0.2) is 0 Å². The third kappa shape index (κ3) is 3.44. The quantitative estimate of drug-likeness (QED) is 0.836. The predicted octanol–water partition coefficient (Wildman–Crippen LogP) is 3.77. The van der Waals surface area contributed by atoms with Crippen molar-refractivity contribution in [1.82, 2.24) is 10.1 Å². The highest BCUT2D eigenvalue weighted by Crippen LogP contribution is 2.38. The molecule has 0 unspecified atom stereocenters. The van der Waals surface area contributed by atoms with Crippen LogP contribution in [0.25, 0.3) is 11.3 Å². The predicted molar refractivity (Wildman–Crippen MR) is 82.3 cm³/mol. The molecule has 0 amide bonds. The minimum Gasteiger partial charge on any atom is -0.454 e. The summed E-state index contributed by atoms with van der Waals surface area (Å²) in [6.45, 7) is 1.83. The van der Waals surface area contributed by atoms with Crippen LogP contribution in [0.15, 0.2) is 22.7 Å². The second-order valence-electron chi connectivity index (χ2n) is 6.25. The first-order valence-electron chi connectivity index (χ1n) is 8.16. The van der Waals surface area contributed by atoms with Crippen LogP contribution < -0.4 is 9.47 Å². The van der Waals surface area contributed by atoms with Crippen LogP contribution in [0.2, 0.25) is 0 Å². The van der Waals surface area contributed by atoms with Crippen LogP contribution >= 0.6 is 0 Å². The standard InChI is InChI=1S/C17H17F3N2O3/c18-17(19,20)5-1-6-22-7-4-13-12(9-22)16(21-25-13)11-2-3-14-15(8-11)24-10-23-14/h2-3,8H,1,4-7,9-10H2. The molecule has 0 spiro atoms. The van der Waals surface area contributed by atoms with E-state index >= 15 is 0 Å². The minimum atomic E-state index is -4.10. The van der Waals surface area contributed by atoms with Crippen LogP contribution in [0, 0.1) is 0 Å². The summed E-state index contributed by atoms with van der Waals surface area (Å²) >= 11 is 0. The van der Waals surface area contributed by atoms with Gasteiger partial charge in [-0.2, -0.15) is 13.2 Å². The van der Waals surface area contributed by atoms with Gasteiger partial charge in [0.05, 0.1) is 0 Å². The topological polar surface area (TPSA) is 47.7 Å². The van der Waals surface area contributed by atoms with Crippen LogP contribution in [0.4, 0.5) is 13.2 Å². The fraction of sp³-hybridized carbons (Fsp3) is 0.471. The molecule has 1 aromatic heterocycles. The Labute approximate surface area is 142 Å². The van der Waals surface area contributed by atoms with Crippen LogP contribution in [0.5, 0.6) is 11.5 Å². The molecule has 2 aliphatic rings. The molecule has 0 N–H and O–H groups in total. The van der Waals surface area contributed by atoms with Crippen molar-refractivity contribution in [2.24, 2.45) is 0 Å². The van der Waals surface area contributed by atoms with Crippen molar-refractivity contribution in [1.29, 1.82) is 0 Å². The number of fused-ring (bicyclic) bond motifs is 2. The number of halogens is 3. The molecule has 5 nitrogen and oxygen atoms in total. The van der Waals surface area contributed by atoms with Crippen molar-refractivity contribution >= 4 is 0 Å². The van der Waals surface area contributed by atoms with Crippen molar-refractivity contribution in [2.75, 3.05) is 19.9 Å². The largest absolute Gasteiger partial charge is 0.454 e. The van der Waals surface area contributed by atoms with E-state index in [0.717, 1.165) is 16.9 Å². The fourth-order valence-electron chi connectivity index (χ4n) is 3.23. The zero-order valence-corrected chi connectivity index (χ0v) is 13.4. The maximum Gasteiger partial charge on any atom is 0.389 e. The zero-order chi connectivity index (χ0) is 17.4. The third-order valence-corrected chi connectivity index (χ3v) is 4.49. The molecule has 0 saturated heterocycles. The molecule has 0 radical (unpaired) electrons. The Bertz CT molecular complexity index is 773. The zero-order valence-electron chi connectivity index (χ0n) is 13.4. The van der Waals surface area contributed by atoms with Gasteiger partial charge in [-0.1, -0.05) is 5.16 Å². The second kappa shape index (κ2) is 6.25. The molecule has 25 heavy (non-hydrogen) atoms. The molecular weight excluding hydrogens is 337 g/mol. The lowest BCUT2D eigenvalue weighted by molar-refractivity contribution is -0.136. The second-order valence-corrected chi connectivity index (χ2v) is 6.25.